The summed E-state index contributed by atoms with van der Waals surface area (Å²) in [4.78, 5) is 11.6. The minimum atomic E-state index is -0.372. The van der Waals surface area contributed by atoms with Crippen molar-refractivity contribution in [3.05, 3.63) is 0 Å². The molecule has 1 aliphatic heterocycles. The first-order valence-corrected chi connectivity index (χ1v) is 5.38. The van der Waals surface area contributed by atoms with Gasteiger partial charge in [-0.3, -0.25) is 4.79 Å². The Kier molecular flexibility index (Phi) is 3.53. The van der Waals surface area contributed by atoms with Crippen LogP contribution in [0.3, 0.4) is 0 Å². The zero-order chi connectivity index (χ0) is 10.8. The van der Waals surface area contributed by atoms with Gasteiger partial charge in [-0.25, -0.2) is 0 Å². The first kappa shape index (κ1) is 11.5. The summed E-state index contributed by atoms with van der Waals surface area (Å²) in [5, 5.41) is 3.21. The van der Waals surface area contributed by atoms with E-state index in [1.54, 1.807) is 0 Å². The summed E-state index contributed by atoms with van der Waals surface area (Å²) < 4.78 is 5.31. The van der Waals surface area contributed by atoms with E-state index in [2.05, 4.69) is 12.2 Å². The molecule has 3 heteroatoms. The Morgan fingerprint density at radius 3 is 2.57 bits per heavy atom. The predicted octanol–water partition coefficient (Wildman–Crippen LogP) is 1.72. The van der Waals surface area contributed by atoms with Crippen LogP contribution in [0.15, 0.2) is 0 Å². The Morgan fingerprint density at radius 2 is 2.14 bits per heavy atom. The van der Waals surface area contributed by atoms with Crippen molar-refractivity contribution < 1.29 is 9.53 Å². The van der Waals surface area contributed by atoms with Crippen LogP contribution in [0.5, 0.6) is 0 Å². The van der Waals surface area contributed by atoms with Crippen molar-refractivity contribution >= 4 is 5.97 Å². The number of carbonyl (C=O) groups excluding carboxylic acids is 1. The van der Waals surface area contributed by atoms with Gasteiger partial charge in [-0.05, 0) is 39.7 Å². The number of rotatable bonds is 2. The zero-order valence-electron chi connectivity index (χ0n) is 9.59. The number of hydrogen-bond donors (Lipinski definition) is 1. The molecule has 1 N–H and O–H groups in total. The average Bonchev–Trinajstić information content (AvgIpc) is 2.48. The summed E-state index contributed by atoms with van der Waals surface area (Å²) in [6, 6.07) is -0.0841. The lowest BCUT2D eigenvalue weighted by Gasteiger charge is -2.22. The quantitative estimate of drug-likeness (QED) is 0.688. The van der Waals surface area contributed by atoms with Crippen molar-refractivity contribution in [2.24, 2.45) is 5.92 Å². The van der Waals surface area contributed by atoms with E-state index < -0.39 is 0 Å². The van der Waals surface area contributed by atoms with Crippen molar-refractivity contribution in [2.45, 2.75) is 52.2 Å². The fraction of sp³-hybridized carbons (Fsp3) is 0.909. The fourth-order valence-electron chi connectivity index (χ4n) is 1.67. The molecule has 0 aromatic carbocycles. The largest absolute Gasteiger partial charge is 0.459 e. The van der Waals surface area contributed by atoms with E-state index in [1.165, 1.54) is 0 Å². The molecule has 0 aromatic rings. The van der Waals surface area contributed by atoms with Gasteiger partial charge in [0.15, 0.2) is 0 Å². The Balaban J connectivity index is 2.40. The summed E-state index contributed by atoms with van der Waals surface area (Å²) in [5.41, 5.74) is -0.372. The lowest BCUT2D eigenvalue weighted by molar-refractivity contribution is -0.157. The highest BCUT2D eigenvalue weighted by atomic mass is 16.6. The molecule has 1 aliphatic rings. The molecule has 0 amide bonds. The number of esters is 1. The van der Waals surface area contributed by atoms with E-state index in [4.69, 9.17) is 4.74 Å². The van der Waals surface area contributed by atoms with Crippen LogP contribution in [0, 0.1) is 5.92 Å². The second kappa shape index (κ2) is 4.30. The zero-order valence-corrected chi connectivity index (χ0v) is 9.59. The van der Waals surface area contributed by atoms with Gasteiger partial charge in [0.25, 0.3) is 0 Å². The summed E-state index contributed by atoms with van der Waals surface area (Å²) in [7, 11) is 0. The van der Waals surface area contributed by atoms with Crippen LogP contribution in [-0.2, 0) is 9.53 Å². The monoisotopic (exact) mass is 199 g/mol. The van der Waals surface area contributed by atoms with E-state index in [0.717, 1.165) is 19.4 Å². The second-order valence-corrected chi connectivity index (χ2v) is 5.00. The highest BCUT2D eigenvalue weighted by molar-refractivity contribution is 5.76. The molecular weight excluding hydrogens is 178 g/mol. The summed E-state index contributed by atoms with van der Waals surface area (Å²) in [6.07, 6.45) is 2.05. The van der Waals surface area contributed by atoms with Crippen LogP contribution in [0.1, 0.15) is 40.5 Å². The molecule has 0 saturated carbocycles. The first-order chi connectivity index (χ1) is 6.42. The molecule has 1 rings (SSSR count). The molecule has 0 radical (unpaired) electrons. The van der Waals surface area contributed by atoms with Crippen LogP contribution < -0.4 is 5.32 Å². The van der Waals surface area contributed by atoms with E-state index >= 15 is 0 Å². The maximum atomic E-state index is 11.6. The molecule has 1 fully saturated rings. The molecule has 0 aromatic heterocycles. The molecule has 14 heavy (non-hydrogen) atoms. The van der Waals surface area contributed by atoms with Crippen LogP contribution in [0.4, 0.5) is 0 Å². The smallest absolute Gasteiger partial charge is 0.323 e. The molecule has 0 aliphatic carbocycles. The van der Waals surface area contributed by atoms with Gasteiger partial charge < -0.3 is 10.1 Å². The third-order valence-electron chi connectivity index (χ3n) is 2.49. The van der Waals surface area contributed by atoms with Gasteiger partial charge in [0.05, 0.1) is 0 Å². The fourth-order valence-corrected chi connectivity index (χ4v) is 1.67. The molecule has 2 unspecified atom stereocenters. The molecule has 1 saturated heterocycles. The van der Waals surface area contributed by atoms with Crippen molar-refractivity contribution in [2.75, 3.05) is 6.54 Å². The number of carbonyl (C=O) groups is 1. The maximum absolute atomic E-state index is 11.6. The SMILES string of the molecule is CCC1CNC(C(=O)OC(C)(C)C)C1. The molecular formula is C11H21NO2. The molecule has 2 atom stereocenters. The molecule has 0 spiro atoms. The highest BCUT2D eigenvalue weighted by Crippen LogP contribution is 2.19. The third kappa shape index (κ3) is 3.29. The van der Waals surface area contributed by atoms with Gasteiger partial charge >= 0.3 is 5.97 Å². The van der Waals surface area contributed by atoms with Crippen LogP contribution in [0.2, 0.25) is 0 Å². The van der Waals surface area contributed by atoms with Crippen molar-refractivity contribution in [1.29, 1.82) is 0 Å². The molecule has 82 valence electrons. The molecule has 0 bridgehead atoms. The van der Waals surface area contributed by atoms with Crippen molar-refractivity contribution in [1.82, 2.24) is 5.32 Å². The number of nitrogens with one attached hydrogen (secondary N) is 1. The molecule has 3 nitrogen and oxygen atoms in total. The summed E-state index contributed by atoms with van der Waals surface area (Å²) in [6.45, 7) is 8.80. The Bertz CT molecular complexity index is 208. The maximum Gasteiger partial charge on any atom is 0.323 e. The average molecular weight is 199 g/mol. The minimum Gasteiger partial charge on any atom is -0.459 e. The minimum absolute atomic E-state index is 0.0841. The van der Waals surface area contributed by atoms with Gasteiger partial charge in [-0.1, -0.05) is 13.3 Å². The highest BCUT2D eigenvalue weighted by Gasteiger charge is 2.31. The molecule has 1 heterocycles. The van der Waals surface area contributed by atoms with Crippen LogP contribution >= 0.6 is 0 Å². The normalized spacial score (nSPS) is 27.7. The van der Waals surface area contributed by atoms with Gasteiger partial charge in [0.1, 0.15) is 11.6 Å². The van der Waals surface area contributed by atoms with Gasteiger partial charge in [0.2, 0.25) is 0 Å². The summed E-state index contributed by atoms with van der Waals surface area (Å²) in [5.74, 6) is 0.529. The Hall–Kier alpha value is -0.570. The van der Waals surface area contributed by atoms with Crippen LogP contribution in [-0.4, -0.2) is 24.2 Å². The Morgan fingerprint density at radius 1 is 1.50 bits per heavy atom. The van der Waals surface area contributed by atoms with Gasteiger partial charge in [-0.2, -0.15) is 0 Å². The van der Waals surface area contributed by atoms with Crippen molar-refractivity contribution in [3.8, 4) is 0 Å². The number of ether oxygens (including phenoxy) is 1. The first-order valence-electron chi connectivity index (χ1n) is 5.38. The topological polar surface area (TPSA) is 38.3 Å². The summed E-state index contributed by atoms with van der Waals surface area (Å²) >= 11 is 0. The van der Waals surface area contributed by atoms with Gasteiger partial charge in [0, 0.05) is 0 Å². The lowest BCUT2D eigenvalue weighted by Crippen LogP contribution is -2.37. The Labute approximate surface area is 86.2 Å². The standard InChI is InChI=1S/C11H21NO2/c1-5-8-6-9(12-7-8)10(13)14-11(2,3)4/h8-9,12H,5-7H2,1-4H3. The van der Waals surface area contributed by atoms with Gasteiger partial charge in [-0.15, -0.1) is 0 Å². The second-order valence-electron chi connectivity index (χ2n) is 5.00. The number of hydrogen-bond acceptors (Lipinski definition) is 3. The van der Waals surface area contributed by atoms with Crippen LogP contribution in [0.25, 0.3) is 0 Å². The van der Waals surface area contributed by atoms with E-state index in [9.17, 15) is 4.79 Å². The van der Waals surface area contributed by atoms with E-state index in [1.807, 2.05) is 20.8 Å². The predicted molar refractivity (Wildman–Crippen MR) is 56.0 cm³/mol. The van der Waals surface area contributed by atoms with E-state index in [0.29, 0.717) is 5.92 Å². The van der Waals surface area contributed by atoms with E-state index in [-0.39, 0.29) is 17.6 Å². The lowest BCUT2D eigenvalue weighted by atomic mass is 10.0. The third-order valence-corrected chi connectivity index (χ3v) is 2.49. The van der Waals surface area contributed by atoms with Crippen molar-refractivity contribution in [3.63, 3.8) is 0 Å².